The number of amides is 1. The molecule has 0 spiro atoms. The summed E-state index contributed by atoms with van der Waals surface area (Å²) in [5, 5.41) is 16.2. The van der Waals surface area contributed by atoms with Crippen molar-refractivity contribution < 1.29 is 14.6 Å². The quantitative estimate of drug-likeness (QED) is 0.612. The SMILES string of the molecule is CCC(=O)Nc1ccc(CC(C)NC[C@H](O)COc2ccccc2)cc1. The van der Waals surface area contributed by atoms with Crippen molar-refractivity contribution in [3.8, 4) is 5.75 Å². The standard InChI is InChI=1S/C21H28N2O3/c1-3-21(25)23-18-11-9-17(10-12-18)13-16(2)22-14-19(24)15-26-20-7-5-4-6-8-20/h4-12,16,19,22,24H,3,13-15H2,1-2H3,(H,23,25)/t16?,19-/m0/s1. The van der Waals surface area contributed by atoms with E-state index in [1.165, 1.54) is 5.56 Å². The number of carbonyl (C=O) groups excluding carboxylic acids is 1. The molecule has 2 aromatic rings. The monoisotopic (exact) mass is 356 g/mol. The third kappa shape index (κ3) is 7.25. The van der Waals surface area contributed by atoms with Crippen LogP contribution in [0.15, 0.2) is 54.6 Å². The van der Waals surface area contributed by atoms with Crippen LogP contribution < -0.4 is 15.4 Å². The Morgan fingerprint density at radius 3 is 2.46 bits per heavy atom. The van der Waals surface area contributed by atoms with Gasteiger partial charge in [-0.15, -0.1) is 0 Å². The Morgan fingerprint density at radius 1 is 1.12 bits per heavy atom. The summed E-state index contributed by atoms with van der Waals surface area (Å²) in [7, 11) is 0. The van der Waals surface area contributed by atoms with Crippen molar-refractivity contribution in [2.45, 2.75) is 38.8 Å². The Bertz CT molecular complexity index is 659. The lowest BCUT2D eigenvalue weighted by atomic mass is 10.1. The number of anilines is 1. The summed E-state index contributed by atoms with van der Waals surface area (Å²) in [4.78, 5) is 11.4. The number of ether oxygens (including phenoxy) is 1. The maximum Gasteiger partial charge on any atom is 0.224 e. The molecule has 0 aliphatic carbocycles. The molecule has 2 rings (SSSR count). The van der Waals surface area contributed by atoms with Gasteiger partial charge in [0.2, 0.25) is 5.91 Å². The fourth-order valence-corrected chi connectivity index (χ4v) is 2.50. The molecular formula is C21H28N2O3. The molecule has 26 heavy (non-hydrogen) atoms. The van der Waals surface area contributed by atoms with Crippen molar-refractivity contribution in [2.75, 3.05) is 18.5 Å². The van der Waals surface area contributed by atoms with E-state index in [2.05, 4.69) is 17.6 Å². The van der Waals surface area contributed by atoms with Crippen LogP contribution in [0.2, 0.25) is 0 Å². The largest absolute Gasteiger partial charge is 0.491 e. The lowest BCUT2D eigenvalue weighted by molar-refractivity contribution is -0.115. The molecule has 140 valence electrons. The van der Waals surface area contributed by atoms with E-state index in [0.717, 1.165) is 17.9 Å². The van der Waals surface area contributed by atoms with Crippen molar-refractivity contribution in [2.24, 2.45) is 0 Å². The van der Waals surface area contributed by atoms with Gasteiger partial charge < -0.3 is 20.5 Å². The van der Waals surface area contributed by atoms with Crippen LogP contribution in [0, 0.1) is 0 Å². The minimum Gasteiger partial charge on any atom is -0.491 e. The molecule has 0 bridgehead atoms. The van der Waals surface area contributed by atoms with E-state index in [1.54, 1.807) is 0 Å². The first-order chi connectivity index (χ1) is 12.6. The van der Waals surface area contributed by atoms with Gasteiger partial charge in [-0.05, 0) is 43.2 Å². The zero-order valence-corrected chi connectivity index (χ0v) is 15.4. The van der Waals surface area contributed by atoms with Gasteiger partial charge in [0.1, 0.15) is 18.5 Å². The highest BCUT2D eigenvalue weighted by Crippen LogP contribution is 2.12. The fourth-order valence-electron chi connectivity index (χ4n) is 2.50. The molecule has 0 aliphatic heterocycles. The Balaban J connectivity index is 1.69. The molecule has 0 heterocycles. The molecular weight excluding hydrogens is 328 g/mol. The molecule has 2 atom stereocenters. The number of aliphatic hydroxyl groups is 1. The van der Waals surface area contributed by atoms with Gasteiger partial charge in [-0.25, -0.2) is 0 Å². The smallest absolute Gasteiger partial charge is 0.224 e. The van der Waals surface area contributed by atoms with Crippen molar-refractivity contribution >= 4 is 11.6 Å². The summed E-state index contributed by atoms with van der Waals surface area (Å²) in [6.07, 6.45) is 0.747. The summed E-state index contributed by atoms with van der Waals surface area (Å²) in [5.74, 6) is 0.773. The topological polar surface area (TPSA) is 70.6 Å². The maximum absolute atomic E-state index is 11.4. The van der Waals surface area contributed by atoms with Gasteiger partial charge in [0, 0.05) is 24.7 Å². The lowest BCUT2D eigenvalue weighted by Crippen LogP contribution is -2.37. The third-order valence-electron chi connectivity index (χ3n) is 3.99. The number of aliphatic hydroxyl groups excluding tert-OH is 1. The molecule has 1 unspecified atom stereocenters. The average Bonchev–Trinajstić information content (AvgIpc) is 2.67. The highest BCUT2D eigenvalue weighted by molar-refractivity contribution is 5.90. The molecule has 0 aromatic heterocycles. The van der Waals surface area contributed by atoms with Crippen LogP contribution in [0.3, 0.4) is 0 Å². The second kappa shape index (κ2) is 10.6. The zero-order chi connectivity index (χ0) is 18.8. The van der Waals surface area contributed by atoms with Crippen LogP contribution in [-0.4, -0.2) is 36.3 Å². The first-order valence-corrected chi connectivity index (χ1v) is 9.05. The van der Waals surface area contributed by atoms with Gasteiger partial charge in [0.15, 0.2) is 0 Å². The van der Waals surface area contributed by atoms with E-state index in [9.17, 15) is 9.90 Å². The van der Waals surface area contributed by atoms with Gasteiger partial charge in [-0.1, -0.05) is 37.3 Å². The Morgan fingerprint density at radius 2 is 1.81 bits per heavy atom. The van der Waals surface area contributed by atoms with E-state index in [4.69, 9.17) is 4.74 Å². The summed E-state index contributed by atoms with van der Waals surface area (Å²) in [6, 6.07) is 17.5. The lowest BCUT2D eigenvalue weighted by Gasteiger charge is -2.18. The Labute approximate surface area is 155 Å². The van der Waals surface area contributed by atoms with Crippen LogP contribution in [-0.2, 0) is 11.2 Å². The normalized spacial score (nSPS) is 13.0. The van der Waals surface area contributed by atoms with E-state index in [-0.39, 0.29) is 18.6 Å². The molecule has 3 N–H and O–H groups in total. The fraction of sp³-hybridized carbons (Fsp3) is 0.381. The van der Waals surface area contributed by atoms with Crippen LogP contribution >= 0.6 is 0 Å². The first-order valence-electron chi connectivity index (χ1n) is 9.05. The molecule has 0 saturated carbocycles. The summed E-state index contributed by atoms with van der Waals surface area (Å²) in [6.45, 7) is 4.64. The van der Waals surface area contributed by atoms with Gasteiger partial charge in [-0.3, -0.25) is 4.79 Å². The average molecular weight is 356 g/mol. The Kier molecular flexibility index (Phi) is 8.12. The number of rotatable bonds is 10. The number of hydrogen-bond donors (Lipinski definition) is 3. The van der Waals surface area contributed by atoms with Crippen molar-refractivity contribution in [3.63, 3.8) is 0 Å². The van der Waals surface area contributed by atoms with E-state index in [1.807, 2.05) is 61.5 Å². The van der Waals surface area contributed by atoms with Crippen LogP contribution in [0.4, 0.5) is 5.69 Å². The van der Waals surface area contributed by atoms with Crippen LogP contribution in [0.25, 0.3) is 0 Å². The summed E-state index contributed by atoms with van der Waals surface area (Å²) in [5.41, 5.74) is 1.99. The molecule has 5 nitrogen and oxygen atoms in total. The van der Waals surface area contributed by atoms with Crippen molar-refractivity contribution in [1.29, 1.82) is 0 Å². The molecule has 0 aliphatic rings. The van der Waals surface area contributed by atoms with E-state index in [0.29, 0.717) is 13.0 Å². The van der Waals surface area contributed by atoms with E-state index >= 15 is 0 Å². The minimum atomic E-state index is -0.565. The number of para-hydroxylation sites is 1. The highest BCUT2D eigenvalue weighted by Gasteiger charge is 2.09. The number of nitrogens with one attached hydrogen (secondary N) is 2. The zero-order valence-electron chi connectivity index (χ0n) is 15.4. The predicted octanol–water partition coefficient (Wildman–Crippen LogP) is 3.00. The second-order valence-electron chi connectivity index (χ2n) is 6.39. The molecule has 0 radical (unpaired) electrons. The predicted molar refractivity (Wildman–Crippen MR) is 104 cm³/mol. The maximum atomic E-state index is 11.4. The highest BCUT2D eigenvalue weighted by atomic mass is 16.5. The summed E-state index contributed by atoms with van der Waals surface area (Å²) >= 11 is 0. The van der Waals surface area contributed by atoms with Gasteiger partial charge in [0.05, 0.1) is 0 Å². The number of hydrogen-bond acceptors (Lipinski definition) is 4. The van der Waals surface area contributed by atoms with E-state index < -0.39 is 6.10 Å². The summed E-state index contributed by atoms with van der Waals surface area (Å²) < 4.78 is 5.55. The first kappa shape index (κ1) is 19.9. The molecule has 0 saturated heterocycles. The molecule has 5 heteroatoms. The molecule has 0 fully saturated rings. The van der Waals surface area contributed by atoms with Gasteiger partial charge >= 0.3 is 0 Å². The number of carbonyl (C=O) groups is 1. The molecule has 2 aromatic carbocycles. The van der Waals surface area contributed by atoms with Crippen molar-refractivity contribution in [3.05, 3.63) is 60.2 Å². The van der Waals surface area contributed by atoms with Crippen molar-refractivity contribution in [1.82, 2.24) is 5.32 Å². The van der Waals surface area contributed by atoms with Crippen LogP contribution in [0.5, 0.6) is 5.75 Å². The second-order valence-corrected chi connectivity index (χ2v) is 6.39. The van der Waals surface area contributed by atoms with Crippen LogP contribution in [0.1, 0.15) is 25.8 Å². The third-order valence-corrected chi connectivity index (χ3v) is 3.99. The number of benzene rings is 2. The van der Waals surface area contributed by atoms with Gasteiger partial charge in [0.25, 0.3) is 0 Å². The molecule has 1 amide bonds. The minimum absolute atomic E-state index is 0.0134. The van der Waals surface area contributed by atoms with Gasteiger partial charge in [-0.2, -0.15) is 0 Å². The Hall–Kier alpha value is -2.37.